The Kier molecular flexibility index (Phi) is 8.15. The van der Waals surface area contributed by atoms with E-state index in [1.165, 1.54) is 19.2 Å². The molecule has 0 bridgehead atoms. The number of nitrogens with one attached hydrogen (secondary N) is 2. The number of rotatable bonds is 8. The number of likely N-dealkylation sites (tertiary alicyclic amines) is 1. The van der Waals surface area contributed by atoms with Gasteiger partial charge >= 0.3 is 12.0 Å². The molecule has 3 amide bonds. The Hall–Kier alpha value is -4.24. The SMILES string of the molecule is COc1cc(CC(=O)N2CC[C@@H](Oc3ccc(C(=O)O)cc3)C2)ccc1NC(=O)Nc1ccccc1Cl. The van der Waals surface area contributed by atoms with Crippen LogP contribution in [-0.4, -0.2) is 54.2 Å². The molecule has 0 aromatic heterocycles. The van der Waals surface area contributed by atoms with Crippen LogP contribution in [0.4, 0.5) is 16.2 Å². The van der Waals surface area contributed by atoms with Crippen LogP contribution >= 0.6 is 11.6 Å². The summed E-state index contributed by atoms with van der Waals surface area (Å²) in [6, 6.07) is 17.8. The first-order valence-electron chi connectivity index (χ1n) is 11.6. The average Bonchev–Trinajstić information content (AvgIpc) is 3.35. The molecular formula is C27H26ClN3O6. The Labute approximate surface area is 218 Å². The van der Waals surface area contributed by atoms with Crippen LogP contribution in [0.2, 0.25) is 5.02 Å². The summed E-state index contributed by atoms with van der Waals surface area (Å²) in [4.78, 5) is 38.0. The number of amides is 3. The fourth-order valence-corrected chi connectivity index (χ4v) is 4.18. The van der Waals surface area contributed by atoms with Gasteiger partial charge in [-0.05, 0) is 54.1 Å². The van der Waals surface area contributed by atoms with Gasteiger partial charge in [-0.25, -0.2) is 9.59 Å². The van der Waals surface area contributed by atoms with Gasteiger partial charge < -0.3 is 30.1 Å². The van der Waals surface area contributed by atoms with E-state index in [2.05, 4.69) is 10.6 Å². The second-order valence-corrected chi connectivity index (χ2v) is 8.88. The predicted octanol–water partition coefficient (Wildman–Crippen LogP) is 4.91. The van der Waals surface area contributed by atoms with Crippen LogP contribution in [0.1, 0.15) is 22.3 Å². The smallest absolute Gasteiger partial charge is 0.335 e. The third kappa shape index (κ3) is 6.71. The van der Waals surface area contributed by atoms with Gasteiger partial charge in [0.25, 0.3) is 0 Å². The second kappa shape index (κ2) is 11.7. The predicted molar refractivity (Wildman–Crippen MR) is 140 cm³/mol. The fourth-order valence-electron chi connectivity index (χ4n) is 3.99. The van der Waals surface area contributed by atoms with Gasteiger partial charge in [-0.3, -0.25) is 4.79 Å². The standard InChI is InChI=1S/C27H26ClN3O6/c1-36-24-14-17(6-11-23(24)30-27(35)29-22-5-3-2-4-21(22)28)15-25(32)31-13-12-20(16-31)37-19-9-7-18(8-10-19)26(33)34/h2-11,14,20H,12-13,15-16H2,1H3,(H,33,34)(H2,29,30,35)/t20-/m1/s1. The Morgan fingerprint density at radius 2 is 1.76 bits per heavy atom. The molecule has 3 N–H and O–H groups in total. The Bertz CT molecular complexity index is 1300. The highest BCUT2D eigenvalue weighted by molar-refractivity contribution is 6.33. The summed E-state index contributed by atoms with van der Waals surface area (Å²) < 4.78 is 11.3. The van der Waals surface area contributed by atoms with Crippen LogP contribution in [0.3, 0.4) is 0 Å². The number of carboxylic acids is 1. The highest BCUT2D eigenvalue weighted by atomic mass is 35.5. The molecule has 1 atom stereocenters. The zero-order chi connectivity index (χ0) is 26.4. The van der Waals surface area contributed by atoms with Crippen molar-refractivity contribution < 1.29 is 29.0 Å². The monoisotopic (exact) mass is 523 g/mol. The van der Waals surface area contributed by atoms with Gasteiger partial charge in [-0.2, -0.15) is 0 Å². The van der Waals surface area contributed by atoms with Crippen LogP contribution < -0.4 is 20.1 Å². The molecule has 3 aromatic carbocycles. The van der Waals surface area contributed by atoms with Gasteiger partial charge in [0.2, 0.25) is 5.91 Å². The number of nitrogens with zero attached hydrogens (tertiary/aromatic N) is 1. The molecule has 1 fully saturated rings. The minimum Gasteiger partial charge on any atom is -0.495 e. The molecule has 192 valence electrons. The van der Waals surface area contributed by atoms with Gasteiger partial charge in [0, 0.05) is 13.0 Å². The molecular weight excluding hydrogens is 498 g/mol. The molecule has 4 rings (SSSR count). The maximum atomic E-state index is 12.9. The van der Waals surface area contributed by atoms with Gasteiger partial charge in [0.1, 0.15) is 17.6 Å². The van der Waals surface area contributed by atoms with Crippen molar-refractivity contribution in [3.8, 4) is 11.5 Å². The number of aromatic carboxylic acids is 1. The van der Waals surface area contributed by atoms with Crippen molar-refractivity contribution in [3.05, 3.63) is 82.9 Å². The molecule has 0 aliphatic carbocycles. The minimum atomic E-state index is -0.995. The van der Waals surface area contributed by atoms with Crippen molar-refractivity contribution in [2.24, 2.45) is 0 Å². The van der Waals surface area contributed by atoms with Gasteiger partial charge in [-0.15, -0.1) is 0 Å². The molecule has 1 saturated heterocycles. The topological polar surface area (TPSA) is 117 Å². The fraction of sp³-hybridized carbons (Fsp3) is 0.222. The first-order valence-corrected chi connectivity index (χ1v) is 12.0. The van der Waals surface area contributed by atoms with E-state index >= 15 is 0 Å². The normalized spacial score (nSPS) is 14.6. The van der Waals surface area contributed by atoms with E-state index in [1.54, 1.807) is 59.5 Å². The van der Waals surface area contributed by atoms with E-state index in [4.69, 9.17) is 26.2 Å². The van der Waals surface area contributed by atoms with Gasteiger partial charge in [0.15, 0.2) is 0 Å². The number of carboxylic acid groups (broad SMARTS) is 1. The molecule has 0 saturated carbocycles. The Morgan fingerprint density at radius 3 is 2.46 bits per heavy atom. The number of methoxy groups -OCH3 is 1. The molecule has 1 heterocycles. The largest absolute Gasteiger partial charge is 0.495 e. The number of carbonyl (C=O) groups is 3. The van der Waals surface area contributed by atoms with Crippen molar-refractivity contribution >= 4 is 40.9 Å². The number of ether oxygens (including phenoxy) is 2. The summed E-state index contributed by atoms with van der Waals surface area (Å²) in [5, 5.41) is 14.8. The molecule has 0 spiro atoms. The lowest BCUT2D eigenvalue weighted by Gasteiger charge is -2.18. The van der Waals surface area contributed by atoms with E-state index in [-0.39, 0.29) is 24.0 Å². The van der Waals surface area contributed by atoms with Crippen LogP contribution in [0, 0.1) is 0 Å². The lowest BCUT2D eigenvalue weighted by atomic mass is 10.1. The number of halogens is 1. The van der Waals surface area contributed by atoms with Crippen molar-refractivity contribution in [2.75, 3.05) is 30.8 Å². The molecule has 9 nitrogen and oxygen atoms in total. The Morgan fingerprint density at radius 1 is 1.03 bits per heavy atom. The van der Waals surface area contributed by atoms with Crippen molar-refractivity contribution in [1.29, 1.82) is 0 Å². The molecule has 1 aliphatic heterocycles. The summed E-state index contributed by atoms with van der Waals surface area (Å²) in [5.41, 5.74) is 1.86. The molecule has 10 heteroatoms. The summed E-state index contributed by atoms with van der Waals surface area (Å²) in [7, 11) is 1.49. The summed E-state index contributed by atoms with van der Waals surface area (Å²) >= 11 is 6.09. The van der Waals surface area contributed by atoms with Crippen molar-refractivity contribution in [3.63, 3.8) is 0 Å². The Balaban J connectivity index is 1.32. The first-order chi connectivity index (χ1) is 17.8. The van der Waals surface area contributed by atoms with E-state index in [0.29, 0.717) is 47.4 Å². The summed E-state index contributed by atoms with van der Waals surface area (Å²) in [6.45, 7) is 1.01. The highest BCUT2D eigenvalue weighted by Gasteiger charge is 2.28. The van der Waals surface area contributed by atoms with Crippen molar-refractivity contribution in [2.45, 2.75) is 18.9 Å². The number of carbonyl (C=O) groups excluding carboxylic acids is 2. The molecule has 3 aromatic rings. The first kappa shape index (κ1) is 25.8. The molecule has 0 radical (unpaired) electrons. The van der Waals surface area contributed by atoms with Gasteiger partial charge in [-0.1, -0.05) is 29.8 Å². The van der Waals surface area contributed by atoms with Crippen LogP contribution in [0.25, 0.3) is 0 Å². The highest BCUT2D eigenvalue weighted by Crippen LogP contribution is 2.28. The summed E-state index contributed by atoms with van der Waals surface area (Å²) in [6.07, 6.45) is 0.680. The number of benzene rings is 3. The average molecular weight is 524 g/mol. The quantitative estimate of drug-likeness (QED) is 0.386. The van der Waals surface area contributed by atoms with Gasteiger partial charge in [0.05, 0.1) is 42.0 Å². The molecule has 0 unspecified atom stereocenters. The molecule has 1 aliphatic rings. The van der Waals surface area contributed by atoms with Crippen LogP contribution in [0.5, 0.6) is 11.5 Å². The second-order valence-electron chi connectivity index (χ2n) is 8.47. The zero-order valence-corrected chi connectivity index (χ0v) is 20.8. The van der Waals surface area contributed by atoms with Crippen LogP contribution in [0.15, 0.2) is 66.7 Å². The van der Waals surface area contributed by atoms with E-state index in [0.717, 1.165) is 5.56 Å². The lowest BCUT2D eigenvalue weighted by molar-refractivity contribution is -0.129. The number of para-hydroxylation sites is 1. The maximum Gasteiger partial charge on any atom is 0.335 e. The minimum absolute atomic E-state index is 0.0495. The third-order valence-electron chi connectivity index (χ3n) is 5.89. The lowest BCUT2D eigenvalue weighted by Crippen LogP contribution is -2.32. The maximum absolute atomic E-state index is 12.9. The van der Waals surface area contributed by atoms with E-state index in [1.807, 2.05) is 0 Å². The summed E-state index contributed by atoms with van der Waals surface area (Å²) in [5.74, 6) is -0.0562. The van der Waals surface area contributed by atoms with E-state index < -0.39 is 12.0 Å². The number of anilines is 2. The third-order valence-corrected chi connectivity index (χ3v) is 6.22. The van der Waals surface area contributed by atoms with E-state index in [9.17, 15) is 14.4 Å². The van der Waals surface area contributed by atoms with Crippen LogP contribution in [-0.2, 0) is 11.2 Å². The zero-order valence-electron chi connectivity index (χ0n) is 20.1. The van der Waals surface area contributed by atoms with Crippen molar-refractivity contribution in [1.82, 2.24) is 4.90 Å². The number of urea groups is 1. The molecule has 37 heavy (non-hydrogen) atoms. The number of hydrogen-bond acceptors (Lipinski definition) is 5. The number of hydrogen-bond donors (Lipinski definition) is 3.